The first kappa shape index (κ1) is 35.8. The highest BCUT2D eigenvalue weighted by Gasteiger charge is 2.21. The van der Waals surface area contributed by atoms with Gasteiger partial charge >= 0.3 is 0 Å². The summed E-state index contributed by atoms with van der Waals surface area (Å²) in [6, 6.07) is 75.1. The fraction of sp³-hybridized carbons (Fsp3) is 0. The lowest BCUT2D eigenvalue weighted by molar-refractivity contribution is 1.07. The van der Waals surface area contributed by atoms with Gasteiger partial charge in [0.15, 0.2) is 23.3 Å². The molecule has 0 atom stereocenters. The predicted molar refractivity (Wildman–Crippen MR) is 248 cm³/mol. The summed E-state index contributed by atoms with van der Waals surface area (Å²) >= 11 is 0. The van der Waals surface area contributed by atoms with Crippen LogP contribution in [0.3, 0.4) is 0 Å². The summed E-state index contributed by atoms with van der Waals surface area (Å²) in [6.45, 7) is 0. The summed E-state index contributed by atoms with van der Waals surface area (Å²) in [5.74, 6) is 2.57. The molecule has 8 aromatic carbocycles. The lowest BCUT2D eigenvalue weighted by Gasteiger charge is -2.13. The van der Waals surface area contributed by atoms with Gasteiger partial charge < -0.3 is 4.57 Å². The summed E-state index contributed by atoms with van der Waals surface area (Å²) in [6.07, 6.45) is 0. The third-order valence-corrected chi connectivity index (χ3v) is 11.0. The highest BCUT2D eigenvalue weighted by Crippen LogP contribution is 2.39. The summed E-state index contributed by atoms with van der Waals surface area (Å²) in [5, 5.41) is 1.08. The second-order valence-corrected chi connectivity index (χ2v) is 14.9. The molecule has 0 amide bonds. The van der Waals surface area contributed by atoms with Gasteiger partial charge in [-0.05, 0) is 58.7 Å². The smallest absolute Gasteiger partial charge is 0.164 e. The minimum Gasteiger partial charge on any atom is -0.306 e. The molecule has 0 aliphatic heterocycles. The molecule has 61 heavy (non-hydrogen) atoms. The van der Waals surface area contributed by atoms with E-state index in [9.17, 15) is 0 Å². The largest absolute Gasteiger partial charge is 0.306 e. The molecule has 0 N–H and O–H groups in total. The standard InChI is InChI=1S/C55H36N6/c1-5-18-37(19-6-1)49-51-50(47-32-13-14-33-48(47)61(51)46-30-11-4-12-31-46)57-54(56-49)44-28-16-26-42(35-44)40-24-15-25-41(34-40)43-27-17-29-45(36-43)55-59-52(38-20-7-2-8-21-38)58-53(60-55)39-22-9-3-10-23-39/h1-36H. The second kappa shape index (κ2) is 15.4. The van der Waals surface area contributed by atoms with Crippen LogP contribution in [0.15, 0.2) is 218 Å². The molecule has 0 unspecified atom stereocenters. The SMILES string of the molecule is c1ccc(-c2nc(-c3ccccc3)nc(-c3cccc(-c4cccc(-c5cccc(-c6nc(-c7ccccc7)c7c(n6)c6ccccc6n7-c6ccccc6)c5)c4)c3)n2)cc1. The number of hydrogen-bond donors (Lipinski definition) is 0. The molecular formula is C55H36N6. The van der Waals surface area contributed by atoms with Crippen molar-refractivity contribution in [3.63, 3.8) is 0 Å². The highest BCUT2D eigenvalue weighted by molar-refractivity contribution is 6.11. The van der Waals surface area contributed by atoms with Crippen LogP contribution in [-0.4, -0.2) is 29.5 Å². The van der Waals surface area contributed by atoms with Crippen LogP contribution in [0.25, 0.3) is 107 Å². The van der Waals surface area contributed by atoms with Crippen molar-refractivity contribution in [3.05, 3.63) is 218 Å². The molecule has 0 aliphatic carbocycles. The molecule has 6 heteroatoms. The van der Waals surface area contributed by atoms with Crippen molar-refractivity contribution in [2.24, 2.45) is 0 Å². The third-order valence-electron chi connectivity index (χ3n) is 11.0. The van der Waals surface area contributed by atoms with Crippen molar-refractivity contribution in [1.82, 2.24) is 29.5 Å². The van der Waals surface area contributed by atoms with Crippen molar-refractivity contribution >= 4 is 21.9 Å². The fourth-order valence-corrected chi connectivity index (χ4v) is 8.11. The first-order valence-corrected chi connectivity index (χ1v) is 20.3. The van der Waals surface area contributed by atoms with Crippen LogP contribution in [0.1, 0.15) is 0 Å². The van der Waals surface area contributed by atoms with Crippen LogP contribution in [0.2, 0.25) is 0 Å². The summed E-state index contributed by atoms with van der Waals surface area (Å²) in [7, 11) is 0. The van der Waals surface area contributed by atoms with Gasteiger partial charge in [-0.25, -0.2) is 24.9 Å². The Labute approximate surface area is 353 Å². The fourth-order valence-electron chi connectivity index (χ4n) is 8.11. The maximum atomic E-state index is 5.36. The van der Waals surface area contributed by atoms with Crippen LogP contribution in [0.5, 0.6) is 0 Å². The van der Waals surface area contributed by atoms with Gasteiger partial charge in [-0.15, -0.1) is 0 Å². The minimum absolute atomic E-state index is 0.622. The van der Waals surface area contributed by atoms with Crippen LogP contribution in [0.4, 0.5) is 0 Å². The normalized spacial score (nSPS) is 11.3. The number of hydrogen-bond acceptors (Lipinski definition) is 5. The van der Waals surface area contributed by atoms with E-state index in [2.05, 4.69) is 150 Å². The molecule has 11 aromatic rings. The molecule has 0 saturated heterocycles. The van der Waals surface area contributed by atoms with Gasteiger partial charge in [-0.3, -0.25) is 0 Å². The van der Waals surface area contributed by atoms with Crippen molar-refractivity contribution in [3.8, 4) is 84.7 Å². The molecular weight excluding hydrogens is 745 g/mol. The van der Waals surface area contributed by atoms with E-state index < -0.39 is 0 Å². The Morgan fingerprint density at radius 2 is 0.656 bits per heavy atom. The molecule has 0 radical (unpaired) electrons. The topological polar surface area (TPSA) is 69.4 Å². The molecule has 0 fully saturated rings. The molecule has 0 aliphatic rings. The predicted octanol–water partition coefficient (Wildman–Crippen LogP) is 13.4. The van der Waals surface area contributed by atoms with Gasteiger partial charge in [-0.1, -0.05) is 182 Å². The van der Waals surface area contributed by atoms with E-state index in [1.165, 1.54) is 0 Å². The monoisotopic (exact) mass is 780 g/mol. The lowest BCUT2D eigenvalue weighted by Crippen LogP contribution is -2.00. The summed E-state index contributed by atoms with van der Waals surface area (Å²) in [5.41, 5.74) is 14.0. The van der Waals surface area contributed by atoms with Crippen LogP contribution >= 0.6 is 0 Å². The molecule has 3 heterocycles. The van der Waals surface area contributed by atoms with Gasteiger partial charge in [0.25, 0.3) is 0 Å². The molecule has 0 bridgehead atoms. The third kappa shape index (κ3) is 6.82. The van der Waals surface area contributed by atoms with Crippen LogP contribution in [-0.2, 0) is 0 Å². The maximum absolute atomic E-state index is 5.36. The number of rotatable bonds is 8. The molecule has 6 nitrogen and oxygen atoms in total. The molecule has 11 rings (SSSR count). The van der Waals surface area contributed by atoms with E-state index >= 15 is 0 Å². The first-order chi connectivity index (χ1) is 30.2. The van der Waals surface area contributed by atoms with Crippen molar-refractivity contribution in [2.75, 3.05) is 0 Å². The Bertz CT molecular complexity index is 3290. The van der Waals surface area contributed by atoms with Crippen molar-refractivity contribution in [2.45, 2.75) is 0 Å². The van der Waals surface area contributed by atoms with Gasteiger partial charge in [0.1, 0.15) is 5.52 Å². The zero-order chi connectivity index (χ0) is 40.5. The van der Waals surface area contributed by atoms with E-state index in [0.717, 1.165) is 83.4 Å². The highest BCUT2D eigenvalue weighted by atomic mass is 15.0. The molecule has 286 valence electrons. The number of nitrogens with zero attached hydrogens (tertiary/aromatic N) is 6. The maximum Gasteiger partial charge on any atom is 0.164 e. The van der Waals surface area contributed by atoms with E-state index in [1.807, 2.05) is 72.8 Å². The summed E-state index contributed by atoms with van der Waals surface area (Å²) in [4.78, 5) is 25.6. The Kier molecular flexibility index (Phi) is 9.06. The number of aromatic nitrogens is 6. The minimum atomic E-state index is 0.622. The summed E-state index contributed by atoms with van der Waals surface area (Å²) < 4.78 is 2.29. The zero-order valence-electron chi connectivity index (χ0n) is 33.0. The van der Waals surface area contributed by atoms with E-state index in [1.54, 1.807) is 0 Å². The van der Waals surface area contributed by atoms with Gasteiger partial charge in [0.2, 0.25) is 0 Å². The zero-order valence-corrected chi connectivity index (χ0v) is 33.0. The van der Waals surface area contributed by atoms with Crippen LogP contribution in [0, 0.1) is 0 Å². The van der Waals surface area contributed by atoms with Gasteiger partial charge in [0, 0.05) is 38.9 Å². The second-order valence-electron chi connectivity index (χ2n) is 14.9. The average Bonchev–Trinajstić information content (AvgIpc) is 3.69. The van der Waals surface area contributed by atoms with Crippen molar-refractivity contribution in [1.29, 1.82) is 0 Å². The molecule has 0 saturated carbocycles. The first-order valence-electron chi connectivity index (χ1n) is 20.3. The van der Waals surface area contributed by atoms with Gasteiger partial charge in [0.05, 0.1) is 16.7 Å². The average molecular weight is 781 g/mol. The Hall–Kier alpha value is -8.35. The number of benzene rings is 8. The Balaban J connectivity index is 0.995. The van der Waals surface area contributed by atoms with E-state index in [4.69, 9.17) is 24.9 Å². The molecule has 3 aromatic heterocycles. The Morgan fingerprint density at radius 1 is 0.279 bits per heavy atom. The number of para-hydroxylation sites is 2. The Morgan fingerprint density at radius 3 is 1.18 bits per heavy atom. The lowest BCUT2D eigenvalue weighted by atomic mass is 9.97. The van der Waals surface area contributed by atoms with Crippen molar-refractivity contribution < 1.29 is 0 Å². The molecule has 0 spiro atoms. The number of fused-ring (bicyclic) bond motifs is 3. The van der Waals surface area contributed by atoms with E-state index in [0.29, 0.717) is 23.3 Å². The van der Waals surface area contributed by atoms with E-state index in [-0.39, 0.29) is 0 Å². The van der Waals surface area contributed by atoms with Gasteiger partial charge in [-0.2, -0.15) is 0 Å². The quantitative estimate of drug-likeness (QED) is 0.154. The van der Waals surface area contributed by atoms with Crippen LogP contribution < -0.4 is 0 Å².